The van der Waals surface area contributed by atoms with Crippen molar-refractivity contribution in [1.82, 2.24) is 0 Å². The number of fused-ring (bicyclic) bond motifs is 5. The molecule has 0 radical (unpaired) electrons. The van der Waals surface area contributed by atoms with Crippen LogP contribution in [-0.2, 0) is 72.7 Å². The summed E-state index contributed by atoms with van der Waals surface area (Å²) in [5.41, 5.74) is 1.69. The van der Waals surface area contributed by atoms with Crippen molar-refractivity contribution in [3.63, 3.8) is 0 Å². The summed E-state index contributed by atoms with van der Waals surface area (Å²) >= 11 is 0. The highest BCUT2D eigenvalue weighted by Gasteiger charge is 2.63. The fourth-order valence-corrected chi connectivity index (χ4v) is 16.2. The normalized spacial score (nSPS) is 52.6. The largest absolute Gasteiger partial charge is 0.508 e. The number of terminal acetylenes is 1. The summed E-state index contributed by atoms with van der Waals surface area (Å²) in [5, 5.41) is 251. The molecule has 1 aromatic rings. The zero-order valence-corrected chi connectivity index (χ0v) is 53.4. The van der Waals surface area contributed by atoms with Crippen LogP contribution in [0.25, 0.3) is 0 Å². The molecule has 23 N–H and O–H groups in total. The molecular weight excluding hydrogens is 1340 g/mol. The lowest BCUT2D eigenvalue weighted by Gasteiger charge is -2.52. The number of benzene rings is 1. The maximum atomic E-state index is 11.3. The number of hydrogen-bond acceptors (Lipinski definition) is 37. The lowest BCUT2D eigenvalue weighted by atomic mass is 9.53. The van der Waals surface area contributed by atoms with Gasteiger partial charge in [0.05, 0.1) is 46.2 Å². The van der Waals surface area contributed by atoms with Gasteiger partial charge in [-0.25, -0.2) is 0 Å². The van der Waals surface area contributed by atoms with Crippen molar-refractivity contribution in [3.8, 4) is 18.1 Å². The van der Waals surface area contributed by atoms with Crippen LogP contribution in [0.2, 0.25) is 0 Å². The molecule has 0 spiro atoms. The molecule has 2 saturated carbocycles. The molecule has 24 aliphatic rings. The van der Waals surface area contributed by atoms with Gasteiger partial charge < -0.3 is 184 Å². The fourth-order valence-electron chi connectivity index (χ4n) is 16.2. The minimum absolute atomic E-state index is 0.128. The Labute approximate surface area is 565 Å². The van der Waals surface area contributed by atoms with Gasteiger partial charge in [-0.3, -0.25) is 0 Å². The molecule has 25 rings (SSSR count). The topological polar surface area (TPSA) is 595 Å². The third-order valence-corrected chi connectivity index (χ3v) is 21.9. The average molecular weight is 1430 g/mol. The van der Waals surface area contributed by atoms with E-state index in [1.54, 1.807) is 0 Å². The molecule has 99 heavy (non-hydrogen) atoms. The van der Waals surface area contributed by atoms with Crippen molar-refractivity contribution >= 4 is 0 Å². The van der Waals surface area contributed by atoms with E-state index in [9.17, 15) is 117 Å². The first-order valence-electron chi connectivity index (χ1n) is 33.1. The molecule has 0 aromatic heterocycles. The molecule has 37 heteroatoms. The van der Waals surface area contributed by atoms with E-state index in [4.69, 9.17) is 72.7 Å². The van der Waals surface area contributed by atoms with Gasteiger partial charge in [0, 0.05) is 5.41 Å². The summed E-state index contributed by atoms with van der Waals surface area (Å²) in [6.45, 7) is -5.11. The number of phenols is 1. The van der Waals surface area contributed by atoms with Crippen molar-refractivity contribution in [2.75, 3.05) is 46.2 Å². The summed E-state index contributed by atoms with van der Waals surface area (Å²) in [6.07, 6.45) is -58.5. The van der Waals surface area contributed by atoms with Gasteiger partial charge in [-0.1, -0.05) is 18.9 Å². The summed E-state index contributed by atoms with van der Waals surface area (Å²) < 4.78 is 79.5. The molecule has 1 aromatic carbocycles. The minimum Gasteiger partial charge on any atom is -0.508 e. The van der Waals surface area contributed by atoms with Gasteiger partial charge in [-0.15, -0.1) is 6.42 Å². The second kappa shape index (κ2) is 31.7. The van der Waals surface area contributed by atoms with Crippen molar-refractivity contribution in [3.05, 3.63) is 29.3 Å². The number of aryl methyl sites for hydroxylation is 1. The monoisotopic (exact) mass is 1430 g/mol. The molecule has 0 amide bonds. The summed E-state index contributed by atoms with van der Waals surface area (Å²) in [6, 6.07) is 5.87. The Balaban J connectivity index is 0.000000376. The Hall–Kier alpha value is -2.86. The fraction of sp³-hybridized carbons (Fsp3) is 0.871. The Morgan fingerprint density at radius 1 is 0.374 bits per heavy atom. The molecule has 40 atom stereocenters. The Morgan fingerprint density at radius 3 is 0.879 bits per heavy atom. The first-order valence-corrected chi connectivity index (χ1v) is 33.1. The number of aromatic hydroxyl groups is 1. The van der Waals surface area contributed by atoms with Gasteiger partial charge in [0.2, 0.25) is 0 Å². The first-order chi connectivity index (χ1) is 47.1. The van der Waals surface area contributed by atoms with Crippen LogP contribution in [0.5, 0.6) is 5.75 Å². The van der Waals surface area contributed by atoms with Gasteiger partial charge in [0.1, 0.15) is 182 Å². The second-order valence-corrected chi connectivity index (χ2v) is 27.4. The zero-order valence-electron chi connectivity index (χ0n) is 53.4. The van der Waals surface area contributed by atoms with E-state index in [0.717, 1.165) is 38.5 Å². The summed E-state index contributed by atoms with van der Waals surface area (Å²) in [5.74, 6) is 4.82. The van der Waals surface area contributed by atoms with E-state index in [1.165, 1.54) is 11.1 Å². The van der Waals surface area contributed by atoms with Crippen molar-refractivity contribution < 1.29 is 184 Å². The van der Waals surface area contributed by atoms with E-state index in [2.05, 4.69) is 18.9 Å². The first kappa shape index (κ1) is 77.2. The number of hydrogen-bond donors (Lipinski definition) is 23. The van der Waals surface area contributed by atoms with Crippen LogP contribution in [0.15, 0.2) is 18.2 Å². The van der Waals surface area contributed by atoms with E-state index in [1.807, 2.05) is 12.1 Å². The zero-order chi connectivity index (χ0) is 71.6. The SMILES string of the molecule is C#C[C@]1(O)CC[C@H]2[C@@H]3CCc4cc(O)ccc4[C@H]3CC[C@@]21C.OC[C@H]1O[C@@H]2O[C@H]3[C@H](O)[C@@H](O)[C@@H](O[C@H]4[C@H](O)[C@@H](O)[C@@H](O[C@H]5[C@H](O)[C@@H](O)[C@@H](O[C@H]6[C@H](O)[C@@H](O)[C@@H](O[C@H]7[C@@H](O)[C@H](O)[C@@H](O[C@H]8[C@@H](O)[C@H](O)[C@@H](O[C@H]1[C@H](O)[C@H]2O)O[C@@H]8CO)O[C@@H]7CO)O[C@@H]6CO)O[C@@H]5CO)O[C@@H]4CO)O[C@@H]3CO. The quantitative estimate of drug-likeness (QED) is 0.113. The highest BCUT2D eigenvalue weighted by Crippen LogP contribution is 2.64. The lowest BCUT2D eigenvalue weighted by molar-refractivity contribution is -0.396. The minimum atomic E-state index is -2.21. The van der Waals surface area contributed by atoms with Crippen LogP contribution >= 0.6 is 0 Å². The van der Waals surface area contributed by atoms with Crippen LogP contribution in [0, 0.1) is 29.6 Å². The van der Waals surface area contributed by atoms with Gasteiger partial charge >= 0.3 is 0 Å². The molecule has 37 nitrogen and oxygen atoms in total. The van der Waals surface area contributed by atoms with Crippen molar-refractivity contribution in [2.45, 2.75) is 272 Å². The highest BCUT2D eigenvalue weighted by molar-refractivity contribution is 5.40. The number of phenolic OH excluding ortho intramolecular Hbond substituents is 1. The molecule has 0 unspecified atom stereocenters. The smallest absolute Gasteiger partial charge is 0.187 e. The maximum Gasteiger partial charge on any atom is 0.187 e. The Kier molecular flexibility index (Phi) is 24.7. The van der Waals surface area contributed by atoms with Crippen LogP contribution in [0.4, 0.5) is 0 Å². The standard InChI is InChI=1S/C42H70O35.C20H24O2/c43-1-8-29-15(50)22(57)36(64-8)72-30-9(2-44)66-38(24(59)17(30)52)74-32-11(4-46)68-40(26(61)19(32)54)76-34-13(6-48)70-42(28(63)21(34)56)77-35-14(7-49)69-41(27(62)20(35)55)75-33-12(5-47)67-39(25(60)18(33)53)73-31-10(3-45)65-37(71-29)23(58)16(31)51;1-3-20(22)11-9-18-17-6-4-13-12-14(21)5-7-15(13)16(17)8-10-19(18,20)2/h8-63H,1-7H2;1,5,7,12,16-18,21-22H,4,6,8-11H2,2H3/t8-,9-,10-,11-,12-,13-,14-,15-,16-,17-,18-,19-,20+,21+,22-,23-,24-,25-,26-,27+,28+,29-,30-,31-,32-,33-,34-,35-,36-,37-,38-,39-,40-,41-,42-;16-,17-,18+,19+,20+/m11/s1. The van der Waals surface area contributed by atoms with Gasteiger partial charge in [0.25, 0.3) is 0 Å². The van der Waals surface area contributed by atoms with Crippen LogP contribution in [0.3, 0.4) is 0 Å². The highest BCUT2D eigenvalue weighted by atomic mass is 16.8. The molecule has 21 aliphatic heterocycles. The van der Waals surface area contributed by atoms with Gasteiger partial charge in [0.15, 0.2) is 44.0 Å². The maximum absolute atomic E-state index is 11.3. The molecule has 21 heterocycles. The number of aliphatic hydroxyl groups excluding tert-OH is 21. The van der Waals surface area contributed by atoms with E-state index in [0.29, 0.717) is 23.5 Å². The van der Waals surface area contributed by atoms with Crippen LogP contribution < -0.4 is 0 Å². The molecule has 21 saturated heterocycles. The van der Waals surface area contributed by atoms with E-state index >= 15 is 0 Å². The average Bonchev–Trinajstić information content (AvgIpc) is 1.62. The predicted octanol–water partition coefficient (Wildman–Crippen LogP) is -11.6. The molecule has 23 fully saturated rings. The molecular formula is C62H94O37. The summed E-state index contributed by atoms with van der Waals surface area (Å²) in [7, 11) is 0. The third-order valence-electron chi connectivity index (χ3n) is 21.9. The van der Waals surface area contributed by atoms with Crippen molar-refractivity contribution in [2.24, 2.45) is 17.3 Å². The second-order valence-electron chi connectivity index (χ2n) is 27.4. The lowest BCUT2D eigenvalue weighted by Crippen LogP contribution is -2.68. The van der Waals surface area contributed by atoms with E-state index < -0.39 is 267 Å². The molecule has 564 valence electrons. The third kappa shape index (κ3) is 14.4. The van der Waals surface area contributed by atoms with Crippen LogP contribution in [0.1, 0.15) is 56.1 Å². The predicted molar refractivity (Wildman–Crippen MR) is 315 cm³/mol. The Morgan fingerprint density at radius 2 is 0.636 bits per heavy atom. The van der Waals surface area contributed by atoms with E-state index in [-0.39, 0.29) is 5.41 Å². The summed E-state index contributed by atoms with van der Waals surface area (Å²) in [4.78, 5) is 0. The molecule has 14 bridgehead atoms. The Bertz CT molecular complexity index is 2460. The van der Waals surface area contributed by atoms with Gasteiger partial charge in [-0.05, 0) is 79.5 Å². The van der Waals surface area contributed by atoms with Crippen LogP contribution in [-0.4, -0.2) is 384 Å². The van der Waals surface area contributed by atoms with Gasteiger partial charge in [-0.2, -0.15) is 0 Å². The molecule has 3 aliphatic carbocycles. The number of rotatable bonds is 7. The number of aliphatic hydroxyl groups is 22. The number of ether oxygens (including phenoxy) is 14. The van der Waals surface area contributed by atoms with Crippen molar-refractivity contribution in [1.29, 1.82) is 0 Å².